The van der Waals surface area contributed by atoms with Crippen LogP contribution in [-0.2, 0) is 4.79 Å². The van der Waals surface area contributed by atoms with Crippen molar-refractivity contribution in [1.82, 2.24) is 15.0 Å². The quantitative estimate of drug-likeness (QED) is 0.564. The molecule has 0 saturated heterocycles. The summed E-state index contributed by atoms with van der Waals surface area (Å²) in [5.41, 5.74) is 8.80. The molecule has 3 aromatic heterocycles. The number of primary amides is 1. The molecule has 3 heterocycles. The Kier molecular flexibility index (Phi) is 3.50. The lowest BCUT2D eigenvalue weighted by Gasteiger charge is -2.04. The van der Waals surface area contributed by atoms with E-state index in [0.717, 1.165) is 22.1 Å². The monoisotopic (exact) mass is 332 g/mol. The number of pyridine rings is 2. The van der Waals surface area contributed by atoms with Crippen LogP contribution >= 0.6 is 0 Å². The largest absolute Gasteiger partial charge is 0.366 e. The summed E-state index contributed by atoms with van der Waals surface area (Å²) in [5, 5.41) is 1.30. The van der Waals surface area contributed by atoms with Crippen LogP contribution in [0.3, 0.4) is 0 Å². The fourth-order valence-corrected chi connectivity index (χ4v) is 2.76. The molecule has 4 rings (SSSR count). The van der Waals surface area contributed by atoms with Crippen LogP contribution in [0.25, 0.3) is 39.1 Å². The van der Waals surface area contributed by atoms with Crippen LogP contribution in [-0.4, -0.2) is 20.9 Å². The van der Waals surface area contributed by atoms with Gasteiger partial charge in [0.2, 0.25) is 5.91 Å². The van der Waals surface area contributed by atoms with Crippen LogP contribution in [0.5, 0.6) is 0 Å². The molecule has 0 aliphatic carbocycles. The van der Waals surface area contributed by atoms with E-state index in [9.17, 15) is 9.18 Å². The fourth-order valence-electron chi connectivity index (χ4n) is 2.76. The molecule has 0 bridgehead atoms. The number of nitrogens with two attached hydrogens (primary N) is 1. The lowest BCUT2D eigenvalue weighted by Crippen LogP contribution is -2.04. The molecular formula is C19H13FN4O. The summed E-state index contributed by atoms with van der Waals surface area (Å²) in [6.45, 7) is 0. The first kappa shape index (κ1) is 15.0. The Balaban J connectivity index is 1.85. The van der Waals surface area contributed by atoms with Crippen molar-refractivity contribution in [1.29, 1.82) is 0 Å². The van der Waals surface area contributed by atoms with Crippen molar-refractivity contribution in [2.75, 3.05) is 0 Å². The molecule has 1 aromatic carbocycles. The van der Waals surface area contributed by atoms with Crippen LogP contribution in [0.2, 0.25) is 0 Å². The SMILES string of the molecule is NC(=O)C=Cc1c[nH]c2ncc(-c3cnc4cccc(F)c4c3)cc12. The van der Waals surface area contributed by atoms with Crippen LogP contribution in [0, 0.1) is 5.82 Å². The van der Waals surface area contributed by atoms with Crippen molar-refractivity contribution in [3.8, 4) is 11.1 Å². The summed E-state index contributed by atoms with van der Waals surface area (Å²) < 4.78 is 14.0. The first-order valence-electron chi connectivity index (χ1n) is 7.61. The number of hydrogen-bond donors (Lipinski definition) is 2. The highest BCUT2D eigenvalue weighted by atomic mass is 19.1. The number of carbonyl (C=O) groups is 1. The van der Waals surface area contributed by atoms with E-state index in [-0.39, 0.29) is 5.82 Å². The summed E-state index contributed by atoms with van der Waals surface area (Å²) in [6, 6.07) is 8.49. The van der Waals surface area contributed by atoms with Crippen LogP contribution < -0.4 is 5.73 Å². The van der Waals surface area contributed by atoms with Crippen molar-refractivity contribution in [3.63, 3.8) is 0 Å². The molecule has 4 aromatic rings. The van der Waals surface area contributed by atoms with Gasteiger partial charge < -0.3 is 10.7 Å². The topological polar surface area (TPSA) is 84.7 Å². The zero-order valence-electron chi connectivity index (χ0n) is 13.0. The van der Waals surface area contributed by atoms with Crippen LogP contribution in [0.15, 0.2) is 55.0 Å². The number of amides is 1. The second kappa shape index (κ2) is 5.83. The third kappa shape index (κ3) is 2.74. The summed E-state index contributed by atoms with van der Waals surface area (Å²) in [6.07, 6.45) is 8.06. The number of carbonyl (C=O) groups excluding carboxylic acids is 1. The number of aromatic amines is 1. The molecule has 6 heteroatoms. The fraction of sp³-hybridized carbons (Fsp3) is 0. The predicted octanol–water partition coefficient (Wildman–Crippen LogP) is 3.42. The van der Waals surface area contributed by atoms with Crippen LogP contribution in [0.4, 0.5) is 4.39 Å². The number of benzene rings is 1. The number of fused-ring (bicyclic) bond motifs is 2. The van der Waals surface area contributed by atoms with Crippen molar-refractivity contribution in [2.24, 2.45) is 5.73 Å². The number of rotatable bonds is 3. The van der Waals surface area contributed by atoms with E-state index in [1.54, 1.807) is 42.9 Å². The lowest BCUT2D eigenvalue weighted by molar-refractivity contribution is -0.113. The minimum absolute atomic E-state index is 0.312. The molecule has 0 spiro atoms. The van der Waals surface area contributed by atoms with Crippen molar-refractivity contribution in [2.45, 2.75) is 0 Å². The highest BCUT2D eigenvalue weighted by Crippen LogP contribution is 2.27. The molecular weight excluding hydrogens is 319 g/mol. The molecule has 25 heavy (non-hydrogen) atoms. The molecule has 0 unspecified atom stereocenters. The number of aromatic nitrogens is 3. The van der Waals surface area contributed by atoms with Crippen molar-refractivity contribution in [3.05, 3.63) is 66.4 Å². The van der Waals surface area contributed by atoms with Gasteiger partial charge in [0.15, 0.2) is 0 Å². The highest BCUT2D eigenvalue weighted by molar-refractivity contribution is 5.96. The van der Waals surface area contributed by atoms with Crippen molar-refractivity contribution < 1.29 is 9.18 Å². The van der Waals surface area contributed by atoms with Crippen molar-refractivity contribution >= 4 is 33.9 Å². The lowest BCUT2D eigenvalue weighted by atomic mass is 10.0. The Morgan fingerprint density at radius 2 is 1.88 bits per heavy atom. The Morgan fingerprint density at radius 1 is 1.12 bits per heavy atom. The van der Waals surface area contributed by atoms with Gasteiger partial charge >= 0.3 is 0 Å². The van der Waals surface area contributed by atoms with Gasteiger partial charge in [-0.1, -0.05) is 6.07 Å². The Morgan fingerprint density at radius 3 is 2.68 bits per heavy atom. The standard InChI is InChI=1S/C19H13FN4O/c20-16-2-1-3-17-15(16)7-13(9-22-17)12-6-14-11(4-5-18(21)25)8-23-19(14)24-10-12/h1-10H,(H2,21,25)(H,23,24). The number of halogens is 1. The normalized spacial score (nSPS) is 11.6. The zero-order valence-corrected chi connectivity index (χ0v) is 13.0. The minimum Gasteiger partial charge on any atom is -0.366 e. The second-order valence-corrected chi connectivity index (χ2v) is 5.63. The van der Waals surface area contributed by atoms with Gasteiger partial charge in [-0.05, 0) is 30.3 Å². The molecule has 122 valence electrons. The van der Waals surface area contributed by atoms with E-state index < -0.39 is 5.91 Å². The average Bonchev–Trinajstić information content (AvgIpc) is 3.02. The molecule has 0 aliphatic heterocycles. The van der Waals surface area contributed by atoms with E-state index in [1.165, 1.54) is 12.1 Å². The Bertz CT molecular complexity index is 1150. The van der Waals surface area contributed by atoms with Gasteiger partial charge in [0, 0.05) is 52.1 Å². The first-order valence-corrected chi connectivity index (χ1v) is 7.61. The van der Waals surface area contributed by atoms with Gasteiger partial charge in [-0.2, -0.15) is 0 Å². The summed E-state index contributed by atoms with van der Waals surface area (Å²) in [7, 11) is 0. The van der Waals surface area contributed by atoms with Gasteiger partial charge in [-0.3, -0.25) is 9.78 Å². The highest BCUT2D eigenvalue weighted by Gasteiger charge is 2.08. The Hall–Kier alpha value is -3.54. The Labute approximate surface area is 142 Å². The third-order valence-electron chi connectivity index (χ3n) is 4.00. The molecule has 1 amide bonds. The van der Waals surface area contributed by atoms with E-state index in [1.807, 2.05) is 6.07 Å². The van der Waals surface area contributed by atoms with E-state index in [0.29, 0.717) is 16.6 Å². The molecule has 0 aliphatic rings. The van der Waals surface area contributed by atoms with Crippen LogP contribution in [0.1, 0.15) is 5.56 Å². The van der Waals surface area contributed by atoms with Gasteiger partial charge in [0.1, 0.15) is 11.5 Å². The van der Waals surface area contributed by atoms with Gasteiger partial charge in [0.25, 0.3) is 0 Å². The predicted molar refractivity (Wildman–Crippen MR) is 95.0 cm³/mol. The minimum atomic E-state index is -0.521. The average molecular weight is 332 g/mol. The van der Waals surface area contributed by atoms with Gasteiger partial charge in [0.05, 0.1) is 5.52 Å². The number of H-pyrrole nitrogens is 1. The number of hydrogen-bond acceptors (Lipinski definition) is 3. The van der Waals surface area contributed by atoms with Gasteiger partial charge in [-0.15, -0.1) is 0 Å². The molecule has 5 nitrogen and oxygen atoms in total. The molecule has 0 atom stereocenters. The summed E-state index contributed by atoms with van der Waals surface area (Å²) in [5.74, 6) is -0.833. The molecule has 3 N–H and O–H groups in total. The summed E-state index contributed by atoms with van der Waals surface area (Å²) >= 11 is 0. The molecule has 0 saturated carbocycles. The maximum absolute atomic E-state index is 14.0. The van der Waals surface area contributed by atoms with E-state index >= 15 is 0 Å². The first-order chi connectivity index (χ1) is 12.1. The molecule has 0 radical (unpaired) electrons. The van der Waals surface area contributed by atoms with E-state index in [2.05, 4.69) is 15.0 Å². The maximum Gasteiger partial charge on any atom is 0.241 e. The van der Waals surface area contributed by atoms with Gasteiger partial charge in [-0.25, -0.2) is 9.37 Å². The van der Waals surface area contributed by atoms with E-state index in [4.69, 9.17) is 5.73 Å². The summed E-state index contributed by atoms with van der Waals surface area (Å²) in [4.78, 5) is 22.7. The third-order valence-corrected chi connectivity index (χ3v) is 4.00. The maximum atomic E-state index is 14.0. The zero-order chi connectivity index (χ0) is 17.4. The second-order valence-electron chi connectivity index (χ2n) is 5.63. The number of nitrogens with zero attached hydrogens (tertiary/aromatic N) is 2. The smallest absolute Gasteiger partial charge is 0.241 e. The molecule has 0 fully saturated rings. The number of nitrogens with one attached hydrogen (secondary N) is 1.